The SMILES string of the molecule is COCCn1nnnc1C(c1cc2ccc(C)cc2[nH]c1=O)N1CCCCC1. The summed E-state index contributed by atoms with van der Waals surface area (Å²) < 4.78 is 6.95. The first-order valence-corrected chi connectivity index (χ1v) is 9.80. The fourth-order valence-electron chi connectivity index (χ4n) is 3.95. The highest BCUT2D eigenvalue weighted by Gasteiger charge is 2.31. The summed E-state index contributed by atoms with van der Waals surface area (Å²) in [5.74, 6) is 0.691. The van der Waals surface area contributed by atoms with E-state index in [4.69, 9.17) is 4.74 Å². The second kappa shape index (κ2) is 8.20. The molecule has 1 saturated heterocycles. The molecule has 0 spiro atoms. The molecule has 4 rings (SSSR count). The van der Waals surface area contributed by atoms with E-state index in [-0.39, 0.29) is 11.6 Å². The lowest BCUT2D eigenvalue weighted by Crippen LogP contribution is -2.38. The Balaban J connectivity index is 1.83. The van der Waals surface area contributed by atoms with E-state index in [2.05, 4.69) is 31.5 Å². The van der Waals surface area contributed by atoms with Crippen LogP contribution in [0.1, 0.15) is 42.3 Å². The van der Waals surface area contributed by atoms with Crippen LogP contribution in [0, 0.1) is 6.92 Å². The van der Waals surface area contributed by atoms with Gasteiger partial charge in [0, 0.05) is 18.2 Å². The molecule has 0 aliphatic carbocycles. The van der Waals surface area contributed by atoms with Gasteiger partial charge in [-0.3, -0.25) is 9.69 Å². The molecule has 28 heavy (non-hydrogen) atoms. The zero-order valence-electron chi connectivity index (χ0n) is 16.4. The largest absolute Gasteiger partial charge is 0.383 e. The van der Waals surface area contributed by atoms with E-state index in [9.17, 15) is 4.79 Å². The maximum Gasteiger partial charge on any atom is 0.253 e. The monoisotopic (exact) mass is 382 g/mol. The van der Waals surface area contributed by atoms with Crippen LogP contribution in [0.2, 0.25) is 0 Å². The molecule has 0 radical (unpaired) electrons. The van der Waals surface area contributed by atoms with Gasteiger partial charge in [0.25, 0.3) is 5.56 Å². The predicted octanol–water partition coefficient (Wildman–Crippen LogP) is 2.04. The van der Waals surface area contributed by atoms with Crippen molar-refractivity contribution < 1.29 is 4.74 Å². The Bertz CT molecular complexity index is 1010. The van der Waals surface area contributed by atoms with Crippen molar-refractivity contribution in [2.24, 2.45) is 0 Å². The number of H-pyrrole nitrogens is 1. The second-order valence-corrected chi connectivity index (χ2v) is 7.40. The molecule has 0 amide bonds. The summed E-state index contributed by atoms with van der Waals surface area (Å²) in [7, 11) is 1.65. The molecular formula is C20H26N6O2. The summed E-state index contributed by atoms with van der Waals surface area (Å²) in [6.45, 7) is 4.93. The van der Waals surface area contributed by atoms with E-state index in [0.29, 0.717) is 24.5 Å². The van der Waals surface area contributed by atoms with Crippen molar-refractivity contribution in [3.8, 4) is 0 Å². The number of aromatic nitrogens is 5. The molecule has 8 nitrogen and oxygen atoms in total. The Kier molecular flexibility index (Phi) is 5.50. The lowest BCUT2D eigenvalue weighted by Gasteiger charge is -2.33. The lowest BCUT2D eigenvalue weighted by molar-refractivity contribution is 0.163. The summed E-state index contributed by atoms with van der Waals surface area (Å²) in [6, 6.07) is 7.82. The highest BCUT2D eigenvalue weighted by Crippen LogP contribution is 2.29. The van der Waals surface area contributed by atoms with Crippen LogP contribution in [0.15, 0.2) is 29.1 Å². The number of piperidine rings is 1. The number of likely N-dealkylation sites (tertiary alicyclic amines) is 1. The van der Waals surface area contributed by atoms with Crippen LogP contribution < -0.4 is 5.56 Å². The summed E-state index contributed by atoms with van der Waals surface area (Å²) in [6.07, 6.45) is 3.44. The Morgan fingerprint density at radius 1 is 1.21 bits per heavy atom. The molecule has 1 unspecified atom stereocenters. The topological polar surface area (TPSA) is 88.9 Å². The number of nitrogens with zero attached hydrogens (tertiary/aromatic N) is 5. The van der Waals surface area contributed by atoms with Crippen molar-refractivity contribution in [1.29, 1.82) is 0 Å². The Morgan fingerprint density at radius 2 is 2.04 bits per heavy atom. The third-order valence-electron chi connectivity index (χ3n) is 5.39. The summed E-state index contributed by atoms with van der Waals surface area (Å²) >= 11 is 0. The fourth-order valence-corrected chi connectivity index (χ4v) is 3.95. The number of ether oxygens (including phenoxy) is 1. The van der Waals surface area contributed by atoms with Crippen molar-refractivity contribution in [1.82, 2.24) is 30.1 Å². The first kappa shape index (κ1) is 18.8. The number of pyridine rings is 1. The van der Waals surface area contributed by atoms with E-state index >= 15 is 0 Å². The zero-order valence-corrected chi connectivity index (χ0v) is 16.4. The highest BCUT2D eigenvalue weighted by molar-refractivity contribution is 5.79. The zero-order chi connectivity index (χ0) is 19.5. The number of hydrogen-bond acceptors (Lipinski definition) is 6. The van der Waals surface area contributed by atoms with Gasteiger partial charge in [0.1, 0.15) is 6.04 Å². The first-order chi connectivity index (χ1) is 13.7. The number of hydrogen-bond donors (Lipinski definition) is 1. The Hall–Kier alpha value is -2.58. The minimum Gasteiger partial charge on any atom is -0.383 e. The van der Waals surface area contributed by atoms with Crippen LogP contribution in [0.3, 0.4) is 0 Å². The van der Waals surface area contributed by atoms with Crippen molar-refractivity contribution >= 4 is 10.9 Å². The maximum atomic E-state index is 13.1. The molecular weight excluding hydrogens is 356 g/mol. The standard InChI is InChI=1S/C20H26N6O2/c1-14-6-7-15-13-16(20(27)21-17(15)12-14)18(25-8-4-3-5-9-25)19-22-23-24-26(19)10-11-28-2/h6-7,12-13,18H,3-5,8-11H2,1-2H3,(H,21,27). The summed E-state index contributed by atoms with van der Waals surface area (Å²) in [4.78, 5) is 18.4. The molecule has 1 fully saturated rings. The molecule has 1 aliphatic rings. The molecule has 0 saturated carbocycles. The number of tetrazole rings is 1. The molecule has 3 heterocycles. The van der Waals surface area contributed by atoms with E-state index in [0.717, 1.165) is 42.4 Å². The van der Waals surface area contributed by atoms with Crippen LogP contribution in [-0.4, -0.2) is 56.9 Å². The quantitative estimate of drug-likeness (QED) is 0.702. The molecule has 1 atom stereocenters. The molecule has 148 valence electrons. The number of aryl methyl sites for hydroxylation is 1. The average molecular weight is 382 g/mol. The van der Waals surface area contributed by atoms with Crippen LogP contribution in [0.5, 0.6) is 0 Å². The smallest absolute Gasteiger partial charge is 0.253 e. The molecule has 2 aromatic heterocycles. The average Bonchev–Trinajstić information content (AvgIpc) is 3.16. The van der Waals surface area contributed by atoms with Gasteiger partial charge in [-0.25, -0.2) is 4.68 Å². The lowest BCUT2D eigenvalue weighted by atomic mass is 10.00. The van der Waals surface area contributed by atoms with Gasteiger partial charge in [0.05, 0.1) is 13.2 Å². The number of aromatic amines is 1. The first-order valence-electron chi connectivity index (χ1n) is 9.80. The molecule has 1 aromatic carbocycles. The predicted molar refractivity (Wildman–Crippen MR) is 106 cm³/mol. The Labute approximate surface area is 163 Å². The van der Waals surface area contributed by atoms with Crippen LogP contribution in [0.25, 0.3) is 10.9 Å². The number of benzene rings is 1. The third kappa shape index (κ3) is 3.70. The molecule has 3 aromatic rings. The number of fused-ring (bicyclic) bond motifs is 1. The second-order valence-electron chi connectivity index (χ2n) is 7.40. The minimum absolute atomic E-state index is 0.0880. The van der Waals surface area contributed by atoms with Crippen molar-refractivity contribution in [2.45, 2.75) is 38.8 Å². The normalized spacial score (nSPS) is 16.5. The van der Waals surface area contributed by atoms with Gasteiger partial charge in [0.2, 0.25) is 0 Å². The van der Waals surface area contributed by atoms with Gasteiger partial charge in [-0.15, -0.1) is 5.10 Å². The van der Waals surface area contributed by atoms with E-state index in [1.54, 1.807) is 11.8 Å². The van der Waals surface area contributed by atoms with Gasteiger partial charge in [-0.2, -0.15) is 0 Å². The van der Waals surface area contributed by atoms with Crippen LogP contribution >= 0.6 is 0 Å². The molecule has 0 bridgehead atoms. The van der Waals surface area contributed by atoms with Crippen molar-refractivity contribution in [3.63, 3.8) is 0 Å². The summed E-state index contributed by atoms with van der Waals surface area (Å²) in [5, 5.41) is 13.3. The van der Waals surface area contributed by atoms with Gasteiger partial charge in [0.15, 0.2) is 5.82 Å². The number of methoxy groups -OCH3 is 1. The molecule has 1 N–H and O–H groups in total. The third-order valence-corrected chi connectivity index (χ3v) is 5.39. The summed E-state index contributed by atoms with van der Waals surface area (Å²) in [5.41, 5.74) is 2.57. The van der Waals surface area contributed by atoms with E-state index in [1.165, 1.54) is 6.42 Å². The van der Waals surface area contributed by atoms with Gasteiger partial charge in [-0.05, 0) is 66.4 Å². The Morgan fingerprint density at radius 3 is 2.82 bits per heavy atom. The maximum absolute atomic E-state index is 13.1. The fraction of sp³-hybridized carbons (Fsp3) is 0.500. The van der Waals surface area contributed by atoms with Crippen molar-refractivity contribution in [2.75, 3.05) is 26.8 Å². The molecule has 1 aliphatic heterocycles. The van der Waals surface area contributed by atoms with E-state index < -0.39 is 0 Å². The number of rotatable bonds is 6. The van der Waals surface area contributed by atoms with Gasteiger partial charge in [-0.1, -0.05) is 18.6 Å². The van der Waals surface area contributed by atoms with Crippen LogP contribution in [0.4, 0.5) is 0 Å². The minimum atomic E-state index is -0.276. The van der Waals surface area contributed by atoms with Crippen molar-refractivity contribution in [3.05, 3.63) is 51.6 Å². The van der Waals surface area contributed by atoms with E-state index in [1.807, 2.05) is 25.1 Å². The molecule has 8 heteroatoms. The van der Waals surface area contributed by atoms with Gasteiger partial charge < -0.3 is 9.72 Å². The number of nitrogens with one attached hydrogen (secondary N) is 1. The van der Waals surface area contributed by atoms with Gasteiger partial charge >= 0.3 is 0 Å². The highest BCUT2D eigenvalue weighted by atomic mass is 16.5. The van der Waals surface area contributed by atoms with Crippen LogP contribution in [-0.2, 0) is 11.3 Å².